The van der Waals surface area contributed by atoms with Crippen LogP contribution in [0, 0.1) is 0 Å². The van der Waals surface area contributed by atoms with Crippen LogP contribution in [-0.2, 0) is 0 Å². The monoisotopic (exact) mass is 272 g/mol. The summed E-state index contributed by atoms with van der Waals surface area (Å²) in [5, 5.41) is 6.42. The molecule has 2 aromatic rings. The summed E-state index contributed by atoms with van der Waals surface area (Å²) in [5.41, 5.74) is 1.31. The van der Waals surface area contributed by atoms with Gasteiger partial charge < -0.3 is 9.47 Å². The van der Waals surface area contributed by atoms with Gasteiger partial charge in [-0.15, -0.1) is 0 Å². The highest BCUT2D eigenvalue weighted by atomic mass is 19.4. The lowest BCUT2D eigenvalue weighted by molar-refractivity contribution is -0.153. The van der Waals surface area contributed by atoms with Crippen molar-refractivity contribution in [3.63, 3.8) is 0 Å². The van der Waals surface area contributed by atoms with Crippen molar-refractivity contribution in [2.45, 2.75) is 6.18 Å². The highest BCUT2D eigenvalue weighted by Gasteiger charge is 2.28. The summed E-state index contributed by atoms with van der Waals surface area (Å²) in [6, 6.07) is 4.46. The smallest absolute Gasteiger partial charge is 0.422 e. The van der Waals surface area contributed by atoms with E-state index in [2.05, 4.69) is 10.2 Å². The Hall–Kier alpha value is -2.18. The molecule has 0 fully saturated rings. The highest BCUT2D eigenvalue weighted by Crippen LogP contribution is 2.33. The number of halogens is 3. The number of aromatic amines is 1. The molecular formula is C12H11F3N2O2. The molecule has 0 aliphatic rings. The Morgan fingerprint density at radius 2 is 2.11 bits per heavy atom. The first-order valence-electron chi connectivity index (χ1n) is 5.36. The molecule has 7 heteroatoms. The molecule has 0 unspecified atom stereocenters. The van der Waals surface area contributed by atoms with E-state index < -0.39 is 12.8 Å². The van der Waals surface area contributed by atoms with E-state index in [-0.39, 0.29) is 5.75 Å². The van der Waals surface area contributed by atoms with Crippen molar-refractivity contribution < 1.29 is 22.6 Å². The first kappa shape index (κ1) is 13.3. The molecule has 0 amide bonds. The van der Waals surface area contributed by atoms with Gasteiger partial charge in [0, 0.05) is 17.3 Å². The molecule has 2 rings (SSSR count). The van der Waals surface area contributed by atoms with Gasteiger partial charge in [-0.2, -0.15) is 18.3 Å². The lowest BCUT2D eigenvalue weighted by Gasteiger charge is -2.12. The van der Waals surface area contributed by atoms with Gasteiger partial charge in [0.2, 0.25) is 0 Å². The van der Waals surface area contributed by atoms with Gasteiger partial charge in [-0.25, -0.2) is 0 Å². The summed E-state index contributed by atoms with van der Waals surface area (Å²) in [6.45, 7) is -1.33. The molecular weight excluding hydrogens is 261 g/mol. The number of ether oxygens (including phenoxy) is 2. The highest BCUT2D eigenvalue weighted by molar-refractivity contribution is 5.70. The maximum atomic E-state index is 12.1. The second-order valence-corrected chi connectivity index (χ2v) is 3.75. The standard InChI is InChI=1S/C12H11F3N2O2/c1-18-11-3-2-9(19-7-12(13,14)15)4-10(11)8-5-16-17-6-8/h2-6H,7H2,1H3,(H,16,17). The van der Waals surface area contributed by atoms with Crippen LogP contribution in [-0.4, -0.2) is 30.1 Å². The van der Waals surface area contributed by atoms with Crippen molar-refractivity contribution in [2.24, 2.45) is 0 Å². The van der Waals surface area contributed by atoms with Crippen molar-refractivity contribution >= 4 is 0 Å². The third kappa shape index (κ3) is 3.40. The molecule has 0 spiro atoms. The van der Waals surface area contributed by atoms with Crippen LogP contribution < -0.4 is 9.47 Å². The number of benzene rings is 1. The quantitative estimate of drug-likeness (QED) is 0.930. The summed E-state index contributed by atoms with van der Waals surface area (Å²) in [7, 11) is 1.48. The molecule has 0 saturated heterocycles. The number of H-pyrrole nitrogens is 1. The minimum Gasteiger partial charge on any atom is -0.496 e. The van der Waals surface area contributed by atoms with Crippen LogP contribution in [0.2, 0.25) is 0 Å². The fourth-order valence-corrected chi connectivity index (χ4v) is 1.57. The molecule has 0 bridgehead atoms. The van der Waals surface area contributed by atoms with E-state index in [1.165, 1.54) is 19.2 Å². The van der Waals surface area contributed by atoms with Crippen LogP contribution >= 0.6 is 0 Å². The van der Waals surface area contributed by atoms with Gasteiger partial charge in [-0.3, -0.25) is 5.10 Å². The Bertz CT molecular complexity index is 538. The van der Waals surface area contributed by atoms with Crippen LogP contribution in [0.4, 0.5) is 13.2 Å². The minimum atomic E-state index is -4.37. The predicted octanol–water partition coefficient (Wildman–Crippen LogP) is 3.03. The number of methoxy groups -OCH3 is 1. The number of alkyl halides is 3. The van der Waals surface area contributed by atoms with Crippen molar-refractivity contribution in [1.82, 2.24) is 10.2 Å². The van der Waals surface area contributed by atoms with Crippen LogP contribution in [0.5, 0.6) is 11.5 Å². The molecule has 0 radical (unpaired) electrons. The van der Waals surface area contributed by atoms with Gasteiger partial charge in [0.05, 0.1) is 13.3 Å². The summed E-state index contributed by atoms with van der Waals surface area (Å²) in [5.74, 6) is 0.648. The second-order valence-electron chi connectivity index (χ2n) is 3.75. The summed E-state index contributed by atoms with van der Waals surface area (Å²) < 4.78 is 46.1. The first-order chi connectivity index (χ1) is 8.99. The van der Waals surface area contributed by atoms with Crippen molar-refractivity contribution in [3.05, 3.63) is 30.6 Å². The molecule has 0 aliphatic carbocycles. The number of hydrogen-bond donors (Lipinski definition) is 1. The van der Waals surface area contributed by atoms with Crippen molar-refractivity contribution in [2.75, 3.05) is 13.7 Å². The van der Waals surface area contributed by atoms with Crippen LogP contribution in [0.3, 0.4) is 0 Å². The van der Waals surface area contributed by atoms with E-state index in [1.807, 2.05) is 0 Å². The van der Waals surface area contributed by atoms with Crippen LogP contribution in [0.1, 0.15) is 0 Å². The maximum absolute atomic E-state index is 12.1. The average molecular weight is 272 g/mol. The third-order valence-corrected chi connectivity index (χ3v) is 2.38. The molecule has 1 aromatic carbocycles. The van der Waals surface area contributed by atoms with E-state index in [4.69, 9.17) is 9.47 Å². The summed E-state index contributed by atoms with van der Waals surface area (Å²) in [4.78, 5) is 0. The molecule has 0 aliphatic heterocycles. The number of nitrogens with zero attached hydrogens (tertiary/aromatic N) is 1. The summed E-state index contributed by atoms with van der Waals surface area (Å²) >= 11 is 0. The van der Waals surface area contributed by atoms with E-state index in [0.29, 0.717) is 16.9 Å². The number of nitrogens with one attached hydrogen (secondary N) is 1. The van der Waals surface area contributed by atoms with Gasteiger partial charge in [-0.1, -0.05) is 0 Å². The molecule has 4 nitrogen and oxygen atoms in total. The SMILES string of the molecule is COc1ccc(OCC(F)(F)F)cc1-c1cn[nH]c1. The zero-order chi connectivity index (χ0) is 13.9. The lowest BCUT2D eigenvalue weighted by atomic mass is 10.1. The van der Waals surface area contributed by atoms with Gasteiger partial charge in [0.1, 0.15) is 11.5 Å². The van der Waals surface area contributed by atoms with E-state index in [0.717, 1.165) is 0 Å². The number of rotatable bonds is 4. The van der Waals surface area contributed by atoms with Crippen molar-refractivity contribution in [3.8, 4) is 22.6 Å². The molecule has 1 heterocycles. The van der Waals surface area contributed by atoms with Gasteiger partial charge >= 0.3 is 6.18 Å². The van der Waals surface area contributed by atoms with E-state index in [9.17, 15) is 13.2 Å². The van der Waals surface area contributed by atoms with Crippen LogP contribution in [0.25, 0.3) is 11.1 Å². The number of hydrogen-bond acceptors (Lipinski definition) is 3. The van der Waals surface area contributed by atoms with E-state index in [1.54, 1.807) is 18.5 Å². The fraction of sp³-hybridized carbons (Fsp3) is 0.250. The lowest BCUT2D eigenvalue weighted by Crippen LogP contribution is -2.19. The Morgan fingerprint density at radius 3 is 2.68 bits per heavy atom. The van der Waals surface area contributed by atoms with Gasteiger partial charge in [0.15, 0.2) is 6.61 Å². The molecule has 102 valence electrons. The largest absolute Gasteiger partial charge is 0.496 e. The topological polar surface area (TPSA) is 47.1 Å². The Kier molecular flexibility index (Phi) is 3.64. The Morgan fingerprint density at radius 1 is 1.32 bits per heavy atom. The van der Waals surface area contributed by atoms with Gasteiger partial charge in [-0.05, 0) is 18.2 Å². The zero-order valence-electron chi connectivity index (χ0n) is 9.99. The Balaban J connectivity index is 2.26. The molecule has 19 heavy (non-hydrogen) atoms. The summed E-state index contributed by atoms with van der Waals surface area (Å²) in [6.07, 6.45) is -1.20. The predicted molar refractivity (Wildman–Crippen MR) is 62.1 cm³/mol. The van der Waals surface area contributed by atoms with E-state index >= 15 is 0 Å². The molecule has 0 atom stereocenters. The minimum absolute atomic E-state index is 0.120. The average Bonchev–Trinajstić information content (AvgIpc) is 2.89. The molecule has 0 saturated carbocycles. The molecule has 1 N–H and O–H groups in total. The second kappa shape index (κ2) is 5.21. The van der Waals surface area contributed by atoms with Crippen LogP contribution in [0.15, 0.2) is 30.6 Å². The molecule has 1 aromatic heterocycles. The van der Waals surface area contributed by atoms with Gasteiger partial charge in [0.25, 0.3) is 0 Å². The van der Waals surface area contributed by atoms with Crippen molar-refractivity contribution in [1.29, 1.82) is 0 Å². The zero-order valence-corrected chi connectivity index (χ0v) is 9.99. The third-order valence-electron chi connectivity index (χ3n) is 2.38. The maximum Gasteiger partial charge on any atom is 0.422 e. The fourth-order valence-electron chi connectivity index (χ4n) is 1.57. The first-order valence-corrected chi connectivity index (χ1v) is 5.36. The normalized spacial score (nSPS) is 11.4. The number of aromatic nitrogens is 2. The Labute approximate surface area is 107 Å².